The summed E-state index contributed by atoms with van der Waals surface area (Å²) >= 11 is 9.53. The first kappa shape index (κ1) is 57.1. The SMILES string of the molecule is CO[C@H]1C([C@]2(C)O[C@@H]2/C=C/C(C)C)[C@]2(CC[C@H]1OC(=O)N1C[C@H](O)[C@@H](O)C1)CO2.CO[C@H]1C([C@]2(C)O[C@@H]2/C=C/C(C)C)[C@]2(CC[C@H]1OC(=O)Oc1ccc([N+](=O)[O-])cc1)CO2.ClCCl.O[C@H]1CCC[C@@H]1O. The van der Waals surface area contributed by atoms with Gasteiger partial charge in [0.15, 0.2) is 0 Å². The Bertz CT molecular complexity index is 1990. The second-order valence-electron chi connectivity index (χ2n) is 20.7. The number of ether oxygens (including phenoxy) is 9. The Labute approximate surface area is 426 Å². The number of benzene rings is 1. The maximum absolute atomic E-state index is 12.6. The lowest BCUT2D eigenvalue weighted by atomic mass is 9.68. The van der Waals surface area contributed by atoms with Crippen LogP contribution in [-0.4, -0.2) is 172 Å². The number of likely N-dealkylation sites (tertiary alicyclic amines) is 1. The number of aliphatic hydroxyl groups is 4. The molecule has 19 nitrogen and oxygen atoms in total. The zero-order valence-corrected chi connectivity index (χ0v) is 43.4. The molecule has 400 valence electrons. The van der Waals surface area contributed by atoms with Gasteiger partial charge in [-0.1, -0.05) is 52.0 Å². The van der Waals surface area contributed by atoms with Crippen LogP contribution < -0.4 is 4.74 Å². The highest BCUT2D eigenvalue weighted by molar-refractivity contribution is 6.40. The van der Waals surface area contributed by atoms with E-state index in [2.05, 4.69) is 65.8 Å². The van der Waals surface area contributed by atoms with Crippen LogP contribution in [-0.2, 0) is 37.9 Å². The Morgan fingerprint density at radius 1 is 0.761 bits per heavy atom. The number of carbonyl (C=O) groups is 2. The molecule has 1 amide bonds. The zero-order chi connectivity index (χ0) is 52.1. The molecule has 3 aliphatic carbocycles. The number of hydrogen-bond acceptors (Lipinski definition) is 17. The number of carbonyl (C=O) groups excluding carboxylic acids is 2. The van der Waals surface area contributed by atoms with E-state index >= 15 is 0 Å². The predicted molar refractivity (Wildman–Crippen MR) is 259 cm³/mol. The highest BCUT2D eigenvalue weighted by atomic mass is 35.5. The molecule has 5 heterocycles. The molecule has 71 heavy (non-hydrogen) atoms. The number of allylic oxidation sites excluding steroid dienone is 2. The van der Waals surface area contributed by atoms with Gasteiger partial charge in [0.2, 0.25) is 0 Å². The average Bonchev–Trinajstić information content (AvgIpc) is 4.28. The minimum absolute atomic E-state index is 0.00745. The number of β-amino-alcohol motifs (C(OH)–C–C–N with tert-alkyl or cyclic N) is 2. The second-order valence-corrected chi connectivity index (χ2v) is 21.5. The first-order valence-corrected chi connectivity index (χ1v) is 25.7. The Morgan fingerprint density at radius 3 is 1.54 bits per heavy atom. The number of aliphatic hydroxyl groups excluding tert-OH is 4. The van der Waals surface area contributed by atoms with E-state index in [1.807, 2.05) is 0 Å². The quantitative estimate of drug-likeness (QED) is 0.0334. The van der Waals surface area contributed by atoms with Crippen molar-refractivity contribution in [2.45, 2.75) is 170 Å². The van der Waals surface area contributed by atoms with Crippen LogP contribution in [0.4, 0.5) is 15.3 Å². The summed E-state index contributed by atoms with van der Waals surface area (Å²) in [4.78, 5) is 36.7. The number of halogens is 2. The molecule has 2 unspecified atom stereocenters. The fourth-order valence-electron chi connectivity index (χ4n) is 10.8. The van der Waals surface area contributed by atoms with E-state index in [-0.39, 0.29) is 71.2 Å². The number of nitro groups is 1. The Kier molecular flexibility index (Phi) is 19.3. The molecule has 1 aromatic carbocycles. The minimum Gasteiger partial charge on any atom is -0.443 e. The lowest BCUT2D eigenvalue weighted by molar-refractivity contribution is -0.384. The minimum atomic E-state index is -0.935. The largest absolute Gasteiger partial charge is 0.514 e. The third kappa shape index (κ3) is 13.8. The molecule has 0 bridgehead atoms. The number of amides is 1. The Morgan fingerprint density at radius 2 is 1.18 bits per heavy atom. The summed E-state index contributed by atoms with van der Waals surface area (Å²) in [6.07, 6.45) is 7.79. The molecule has 8 aliphatic rings. The number of alkyl halides is 2. The van der Waals surface area contributed by atoms with Crippen molar-refractivity contribution in [2.24, 2.45) is 23.7 Å². The van der Waals surface area contributed by atoms with Gasteiger partial charge in [-0.05, 0) is 82.8 Å². The van der Waals surface area contributed by atoms with Crippen LogP contribution in [0.25, 0.3) is 0 Å². The highest BCUT2D eigenvalue weighted by Crippen LogP contribution is 2.60. The summed E-state index contributed by atoms with van der Waals surface area (Å²) in [6.45, 7) is 14.1. The number of methoxy groups -OCH3 is 2. The molecule has 1 aromatic rings. The predicted octanol–water partition coefficient (Wildman–Crippen LogP) is 6.45. The molecule has 9 rings (SSSR count). The van der Waals surface area contributed by atoms with Crippen LogP contribution in [0, 0.1) is 33.8 Å². The van der Waals surface area contributed by atoms with Crippen molar-refractivity contribution in [3.63, 3.8) is 0 Å². The van der Waals surface area contributed by atoms with Crippen molar-refractivity contribution in [1.82, 2.24) is 4.90 Å². The average molecular weight is 1050 g/mol. The third-order valence-corrected chi connectivity index (χ3v) is 14.9. The van der Waals surface area contributed by atoms with Gasteiger partial charge >= 0.3 is 12.2 Å². The molecule has 0 aromatic heterocycles. The maximum atomic E-state index is 12.6. The summed E-state index contributed by atoms with van der Waals surface area (Å²) in [6, 6.07) is 5.24. The van der Waals surface area contributed by atoms with Crippen molar-refractivity contribution in [1.29, 1.82) is 0 Å². The van der Waals surface area contributed by atoms with E-state index in [0.717, 1.165) is 32.1 Å². The van der Waals surface area contributed by atoms with Crippen molar-refractivity contribution in [2.75, 3.05) is 45.9 Å². The van der Waals surface area contributed by atoms with Crippen LogP contribution in [0.5, 0.6) is 5.75 Å². The lowest BCUT2D eigenvalue weighted by Gasteiger charge is -2.42. The van der Waals surface area contributed by atoms with Gasteiger partial charge < -0.3 is 68.0 Å². The molecular weight excluding hydrogens is 971 g/mol. The number of hydrogen-bond donors (Lipinski definition) is 4. The van der Waals surface area contributed by atoms with Crippen LogP contribution in [0.1, 0.15) is 86.5 Å². The topological polar surface area (TPSA) is 258 Å². The number of rotatable bonds is 12. The Hall–Kier alpha value is -3.18. The van der Waals surface area contributed by atoms with Crippen LogP contribution >= 0.6 is 23.2 Å². The lowest BCUT2D eigenvalue weighted by Crippen LogP contribution is -2.56. The standard InChI is InChI=1S/C23H29NO8.C21H33NO7.C5H10O2.CH2Cl2/c1-14(2)5-10-18-22(3,32-18)20-19(28-4)17(11-12-23(20)13-29-23)31-21(25)30-16-8-6-15(7-9-16)24(26)27;1-12(2)5-6-16-20(3,29-16)18-17(26-4)15(7-8-21(18)11-27-21)28-19(25)22-9-13(23)14(24)10-22;6-4-2-1-3-5(4)7;2-1-3/h5-10,14,17-20H,11-13H2,1-4H3;5-6,12-18,23-24H,7-11H2,1-4H3;4-7H,1-3H2;1H2/b10-5+;6-5+;;/t17-,18-,19-,20?,22-,23+;13-,14-,15+,16+,17+,18?,20+,21-;4-,5-;/m100./s1. The van der Waals surface area contributed by atoms with Crippen molar-refractivity contribution in [3.05, 3.63) is 58.7 Å². The summed E-state index contributed by atoms with van der Waals surface area (Å²) < 4.78 is 52.4. The molecule has 16 atom stereocenters. The molecule has 5 saturated heterocycles. The van der Waals surface area contributed by atoms with Crippen LogP contribution in [0.2, 0.25) is 0 Å². The summed E-state index contributed by atoms with van der Waals surface area (Å²) in [5.41, 5.74) is -1.58. The number of nitro benzene ring substituents is 1. The summed E-state index contributed by atoms with van der Waals surface area (Å²) in [7, 11) is 3.23. The zero-order valence-electron chi connectivity index (χ0n) is 41.9. The maximum Gasteiger partial charge on any atom is 0.514 e. The normalized spacial score (nSPS) is 39.6. The van der Waals surface area contributed by atoms with Gasteiger partial charge in [-0.15, -0.1) is 23.2 Å². The second kappa shape index (κ2) is 24.0. The first-order chi connectivity index (χ1) is 33.6. The van der Waals surface area contributed by atoms with Crippen molar-refractivity contribution >= 4 is 41.1 Å². The fourth-order valence-corrected chi connectivity index (χ4v) is 10.8. The van der Waals surface area contributed by atoms with E-state index in [0.29, 0.717) is 37.9 Å². The van der Waals surface area contributed by atoms with Gasteiger partial charge in [0.1, 0.15) is 64.8 Å². The van der Waals surface area contributed by atoms with Gasteiger partial charge in [0, 0.05) is 26.4 Å². The third-order valence-electron chi connectivity index (χ3n) is 14.9. The number of epoxide rings is 4. The van der Waals surface area contributed by atoms with Gasteiger partial charge in [0.05, 0.1) is 72.8 Å². The monoisotopic (exact) mass is 1040 g/mol. The van der Waals surface area contributed by atoms with Crippen LogP contribution in [0.3, 0.4) is 0 Å². The molecule has 8 fully saturated rings. The molecule has 4 N–H and O–H groups in total. The highest BCUT2D eigenvalue weighted by Gasteiger charge is 2.73. The Balaban J connectivity index is 0.000000195. The summed E-state index contributed by atoms with van der Waals surface area (Å²) in [5.74, 6) is 0.875. The molecule has 0 radical (unpaired) electrons. The van der Waals surface area contributed by atoms with Gasteiger partial charge in [-0.25, -0.2) is 9.59 Å². The van der Waals surface area contributed by atoms with E-state index in [1.165, 1.54) is 29.2 Å². The number of nitrogens with zero attached hydrogens (tertiary/aromatic N) is 2. The molecular formula is C50H74Cl2N2O17. The van der Waals surface area contributed by atoms with Crippen molar-refractivity contribution < 1.29 is 77.6 Å². The first-order valence-electron chi connectivity index (χ1n) is 24.6. The fraction of sp³-hybridized carbons (Fsp3) is 0.760. The van der Waals surface area contributed by atoms with E-state index in [1.54, 1.807) is 14.2 Å². The van der Waals surface area contributed by atoms with E-state index < -0.39 is 71.1 Å². The van der Waals surface area contributed by atoms with E-state index in [4.69, 9.17) is 76.0 Å². The van der Waals surface area contributed by atoms with Crippen LogP contribution in [0.15, 0.2) is 48.6 Å². The number of non-ortho nitro benzene ring substituents is 1. The smallest absolute Gasteiger partial charge is 0.443 e. The summed E-state index contributed by atoms with van der Waals surface area (Å²) in [5, 5.41) is 47.9. The molecule has 3 saturated carbocycles. The van der Waals surface area contributed by atoms with E-state index in [9.17, 15) is 29.9 Å². The van der Waals surface area contributed by atoms with Gasteiger partial charge in [-0.3, -0.25) is 10.1 Å². The molecule has 5 aliphatic heterocycles. The molecule has 2 spiro atoms. The van der Waals surface area contributed by atoms with Gasteiger partial charge in [-0.2, -0.15) is 0 Å². The molecule has 21 heteroatoms. The van der Waals surface area contributed by atoms with Gasteiger partial charge in [0.25, 0.3) is 5.69 Å². The van der Waals surface area contributed by atoms with Crippen molar-refractivity contribution in [3.8, 4) is 5.75 Å².